The van der Waals surface area contributed by atoms with Gasteiger partial charge in [-0.15, -0.1) is 10.2 Å². The van der Waals surface area contributed by atoms with Crippen molar-refractivity contribution >= 4 is 17.2 Å². The maximum atomic E-state index is 6.77. The molecule has 0 heterocycles. The van der Waals surface area contributed by atoms with Gasteiger partial charge in [0.1, 0.15) is 0 Å². The van der Waals surface area contributed by atoms with E-state index in [1.165, 1.54) is 5.56 Å². The van der Waals surface area contributed by atoms with Crippen LogP contribution < -0.4 is 16.4 Å². The molecule has 0 bridgehead atoms. The van der Waals surface area contributed by atoms with E-state index in [9.17, 15) is 0 Å². The number of hydrogen-bond donors (Lipinski definition) is 2. The van der Waals surface area contributed by atoms with E-state index in [1.807, 2.05) is 91.0 Å². The highest BCUT2D eigenvalue weighted by molar-refractivity contribution is 6.03. The summed E-state index contributed by atoms with van der Waals surface area (Å²) in [6, 6.07) is 55.1. The number of amidine groups is 1. The second-order valence-electron chi connectivity index (χ2n) is 12.6. The molecule has 6 nitrogen and oxygen atoms in total. The van der Waals surface area contributed by atoms with Gasteiger partial charge >= 0.3 is 0 Å². The lowest BCUT2D eigenvalue weighted by Gasteiger charge is -2.30. The van der Waals surface area contributed by atoms with Crippen LogP contribution in [0.1, 0.15) is 41.7 Å². The van der Waals surface area contributed by atoms with E-state index in [2.05, 4.69) is 102 Å². The Hall–Kier alpha value is -6.01. The first-order valence-corrected chi connectivity index (χ1v) is 16.7. The normalized spacial score (nSPS) is 12.0. The Morgan fingerprint density at radius 1 is 0.653 bits per heavy atom. The first-order valence-electron chi connectivity index (χ1n) is 16.7. The average Bonchev–Trinajstić information content (AvgIpc) is 3.14. The molecule has 0 saturated carbocycles. The topological polar surface area (TPSA) is 92.4 Å². The van der Waals surface area contributed by atoms with Gasteiger partial charge in [-0.3, -0.25) is 0 Å². The summed E-state index contributed by atoms with van der Waals surface area (Å²) in [5.74, 6) is 0.730. The van der Waals surface area contributed by atoms with Crippen LogP contribution in [-0.4, -0.2) is 12.4 Å². The average molecular weight is 643 g/mol. The van der Waals surface area contributed by atoms with Crippen molar-refractivity contribution in [1.82, 2.24) is 0 Å². The lowest BCUT2D eigenvalue weighted by atomic mass is 9.78. The highest BCUT2D eigenvalue weighted by atomic mass is 15.4. The minimum absolute atomic E-state index is 0.260. The Bertz CT molecular complexity index is 1910. The predicted octanol–water partition coefficient (Wildman–Crippen LogP) is 9.66. The fraction of sp³-hybridized carbons (Fsp3) is 0.140. The second-order valence-corrected chi connectivity index (χ2v) is 12.6. The smallest absolute Gasteiger partial charge is 0.159 e. The number of nitrogens with zero attached hydrogens (tertiary/aromatic N) is 4. The van der Waals surface area contributed by atoms with E-state index in [4.69, 9.17) is 16.6 Å². The van der Waals surface area contributed by atoms with Crippen LogP contribution >= 0.6 is 0 Å². The molecule has 6 heteroatoms. The highest BCUT2D eigenvalue weighted by Crippen LogP contribution is 2.41. The molecule has 4 N–H and O–H groups in total. The van der Waals surface area contributed by atoms with Gasteiger partial charge in [-0.25, -0.2) is 0 Å². The quantitative estimate of drug-likeness (QED) is 0.0348. The maximum Gasteiger partial charge on any atom is 0.159 e. The third-order valence-corrected chi connectivity index (χ3v) is 8.61. The van der Waals surface area contributed by atoms with Gasteiger partial charge in [-0.1, -0.05) is 166 Å². The molecule has 0 aromatic heterocycles. The summed E-state index contributed by atoms with van der Waals surface area (Å²) in [5, 5.41) is 13.9. The second kappa shape index (κ2) is 15.3. The zero-order chi connectivity index (χ0) is 34.1. The van der Waals surface area contributed by atoms with Crippen LogP contribution in [0.3, 0.4) is 0 Å². The van der Waals surface area contributed by atoms with Crippen LogP contribution in [-0.2, 0) is 12.1 Å². The van der Waals surface area contributed by atoms with Gasteiger partial charge in [-0.05, 0) is 56.7 Å². The molecule has 0 aliphatic rings. The largest absolute Gasteiger partial charge is 0.397 e. The van der Waals surface area contributed by atoms with Crippen LogP contribution in [0.2, 0.25) is 0 Å². The van der Waals surface area contributed by atoms with Crippen LogP contribution in [0.15, 0.2) is 179 Å². The van der Waals surface area contributed by atoms with Crippen molar-refractivity contribution in [2.45, 2.75) is 25.9 Å². The van der Waals surface area contributed by atoms with Crippen LogP contribution in [0, 0.1) is 5.92 Å². The molecule has 0 aliphatic carbocycles. The van der Waals surface area contributed by atoms with Crippen molar-refractivity contribution in [3.8, 4) is 11.1 Å². The Labute approximate surface area is 289 Å². The van der Waals surface area contributed by atoms with Crippen molar-refractivity contribution in [2.75, 3.05) is 17.2 Å². The molecule has 0 unspecified atom stereocenters. The maximum absolute atomic E-state index is 6.77. The van der Waals surface area contributed by atoms with E-state index in [0.717, 1.165) is 52.2 Å². The molecule has 0 aliphatic heterocycles. The first-order chi connectivity index (χ1) is 24.0. The predicted molar refractivity (Wildman–Crippen MR) is 203 cm³/mol. The number of nitrogens with two attached hydrogens (primary N) is 2. The fourth-order valence-electron chi connectivity index (χ4n) is 6.36. The van der Waals surface area contributed by atoms with Crippen molar-refractivity contribution in [1.29, 1.82) is 0 Å². The standard InChI is InChI=1S/C43H42N6/c1-32(2)30-49(31-33-17-7-3-8-18-33)41-28-27-34(29-40(41)44)38-25-15-16-26-39(38)42(45)46-48-47-43(35-19-9-4-10-20-35,36-21-11-5-12-22-36)37-23-13-6-14-24-37/h3-29,32H,30-31,44H2,1-2H3,(H2,45,46,47). The fourth-order valence-corrected chi connectivity index (χ4v) is 6.36. The van der Waals surface area contributed by atoms with Gasteiger partial charge in [-0.2, -0.15) is 0 Å². The third-order valence-electron chi connectivity index (χ3n) is 8.61. The van der Waals surface area contributed by atoms with Crippen LogP contribution in [0.25, 0.3) is 11.1 Å². The summed E-state index contributed by atoms with van der Waals surface area (Å²) in [6.07, 6.45) is 0. The van der Waals surface area contributed by atoms with Crippen molar-refractivity contribution in [2.24, 2.45) is 27.1 Å². The third kappa shape index (κ3) is 7.44. The Morgan fingerprint density at radius 2 is 1.16 bits per heavy atom. The van der Waals surface area contributed by atoms with E-state index in [0.29, 0.717) is 11.6 Å². The molecular weight excluding hydrogens is 601 g/mol. The summed E-state index contributed by atoms with van der Waals surface area (Å²) in [5.41, 5.74) is 21.0. The number of hydrogen-bond acceptors (Lipinski definition) is 4. The number of benzene rings is 6. The van der Waals surface area contributed by atoms with Gasteiger partial charge in [0.15, 0.2) is 11.4 Å². The Balaban J connectivity index is 1.36. The lowest BCUT2D eigenvalue weighted by Crippen LogP contribution is -2.27. The molecule has 0 saturated heterocycles. The molecule has 49 heavy (non-hydrogen) atoms. The van der Waals surface area contributed by atoms with Crippen LogP contribution in [0.4, 0.5) is 11.4 Å². The highest BCUT2D eigenvalue weighted by Gasteiger charge is 2.37. The van der Waals surface area contributed by atoms with Crippen molar-refractivity contribution in [3.63, 3.8) is 0 Å². The van der Waals surface area contributed by atoms with Gasteiger partial charge in [0, 0.05) is 18.7 Å². The summed E-state index contributed by atoms with van der Waals surface area (Å²) >= 11 is 0. The number of anilines is 2. The van der Waals surface area contributed by atoms with Crippen molar-refractivity contribution < 1.29 is 0 Å². The molecule has 0 radical (unpaired) electrons. The van der Waals surface area contributed by atoms with Gasteiger partial charge in [0.25, 0.3) is 0 Å². The molecule has 6 aromatic carbocycles. The zero-order valence-corrected chi connectivity index (χ0v) is 28.0. The summed E-state index contributed by atoms with van der Waals surface area (Å²) < 4.78 is 0. The van der Waals surface area contributed by atoms with E-state index >= 15 is 0 Å². The molecule has 0 spiro atoms. The molecule has 6 aromatic rings. The van der Waals surface area contributed by atoms with Crippen molar-refractivity contribution in [3.05, 3.63) is 192 Å². The molecule has 0 atom stereocenters. The summed E-state index contributed by atoms with van der Waals surface area (Å²) in [7, 11) is 0. The van der Waals surface area contributed by atoms with Gasteiger partial charge < -0.3 is 16.4 Å². The Morgan fingerprint density at radius 3 is 1.69 bits per heavy atom. The zero-order valence-electron chi connectivity index (χ0n) is 28.0. The Kier molecular flexibility index (Phi) is 10.3. The minimum Gasteiger partial charge on any atom is -0.397 e. The van der Waals surface area contributed by atoms with E-state index < -0.39 is 5.54 Å². The summed E-state index contributed by atoms with van der Waals surface area (Å²) in [6.45, 7) is 6.11. The molecule has 244 valence electrons. The molecule has 0 fully saturated rings. The van der Waals surface area contributed by atoms with Crippen LogP contribution in [0.5, 0.6) is 0 Å². The molecular formula is C43H42N6. The number of nitrogen functional groups attached to an aromatic ring is 1. The summed E-state index contributed by atoms with van der Waals surface area (Å²) in [4.78, 5) is 2.35. The van der Waals surface area contributed by atoms with Gasteiger partial charge in [0.05, 0.1) is 11.4 Å². The first kappa shape index (κ1) is 32.9. The molecule has 0 amide bonds. The monoisotopic (exact) mass is 642 g/mol. The lowest BCUT2D eigenvalue weighted by molar-refractivity contribution is 0.603. The number of rotatable bonds is 12. The minimum atomic E-state index is -0.932. The SMILES string of the molecule is CC(C)CN(Cc1ccccc1)c1ccc(-c2ccccc2/C(N)=N/N=NC(c2ccccc2)(c2ccccc2)c2ccccc2)cc1N. The van der Waals surface area contributed by atoms with E-state index in [1.54, 1.807) is 0 Å². The van der Waals surface area contributed by atoms with E-state index in [-0.39, 0.29) is 5.84 Å². The molecule has 6 rings (SSSR count). The van der Waals surface area contributed by atoms with Gasteiger partial charge in [0.2, 0.25) is 0 Å².